The minimum atomic E-state index is -3.46. The summed E-state index contributed by atoms with van der Waals surface area (Å²) in [5.74, 6) is -0.168. The summed E-state index contributed by atoms with van der Waals surface area (Å²) in [6, 6.07) is 6.60. The van der Waals surface area contributed by atoms with E-state index in [0.29, 0.717) is 5.56 Å². The van der Waals surface area contributed by atoms with E-state index < -0.39 is 10.0 Å². The quantitative estimate of drug-likeness (QED) is 0.720. The third kappa shape index (κ3) is 3.54. The van der Waals surface area contributed by atoms with Crippen LogP contribution in [0, 0.1) is 0 Å². The highest BCUT2D eigenvalue weighted by Crippen LogP contribution is 2.06. The maximum absolute atomic E-state index is 10.7. The molecule has 5 heteroatoms. The number of hydrogen-bond donors (Lipinski definition) is 2. The second-order valence-corrected chi connectivity index (χ2v) is 4.40. The van der Waals surface area contributed by atoms with Crippen LogP contribution in [0.3, 0.4) is 0 Å². The first-order valence-corrected chi connectivity index (χ1v) is 5.42. The lowest BCUT2D eigenvalue weighted by atomic mass is 10.2. The van der Waals surface area contributed by atoms with Crippen LogP contribution in [-0.2, 0) is 22.4 Å². The van der Waals surface area contributed by atoms with E-state index in [1.807, 2.05) is 0 Å². The van der Waals surface area contributed by atoms with Gasteiger partial charge in [-0.2, -0.15) is 0 Å². The molecule has 3 N–H and O–H groups in total. The molecule has 0 amide bonds. The van der Waals surface area contributed by atoms with Crippen molar-refractivity contribution in [3.63, 3.8) is 0 Å². The number of primary sulfonamides is 1. The number of rotatable bonds is 3. The molecule has 0 fully saturated rings. The van der Waals surface area contributed by atoms with Crippen LogP contribution in [0.15, 0.2) is 24.3 Å². The SMILES string of the molecule is NS(=O)(=O)Cc1ccc(CO)cc1. The van der Waals surface area contributed by atoms with E-state index in [9.17, 15) is 8.42 Å². The first-order chi connectivity index (χ1) is 6.01. The van der Waals surface area contributed by atoms with Crippen LogP contribution < -0.4 is 5.14 Å². The number of aliphatic hydroxyl groups is 1. The number of sulfonamides is 1. The number of hydrogen-bond acceptors (Lipinski definition) is 3. The van der Waals surface area contributed by atoms with Gasteiger partial charge in [0.1, 0.15) is 0 Å². The fourth-order valence-corrected chi connectivity index (χ4v) is 1.63. The summed E-state index contributed by atoms with van der Waals surface area (Å²) in [6.07, 6.45) is 0. The third-order valence-corrected chi connectivity index (χ3v) is 2.31. The molecule has 1 aromatic rings. The molecule has 1 aromatic carbocycles. The zero-order chi connectivity index (χ0) is 9.90. The Bertz CT molecular complexity index is 369. The summed E-state index contributed by atoms with van der Waals surface area (Å²) < 4.78 is 21.4. The van der Waals surface area contributed by atoms with Crippen LogP contribution in [-0.4, -0.2) is 13.5 Å². The van der Waals surface area contributed by atoms with E-state index in [0.717, 1.165) is 5.56 Å². The van der Waals surface area contributed by atoms with Gasteiger partial charge >= 0.3 is 0 Å². The van der Waals surface area contributed by atoms with Crippen molar-refractivity contribution >= 4 is 10.0 Å². The Kier molecular flexibility index (Phi) is 3.02. The van der Waals surface area contributed by atoms with Crippen LogP contribution in [0.4, 0.5) is 0 Å². The Morgan fingerprint density at radius 3 is 2.00 bits per heavy atom. The maximum atomic E-state index is 10.7. The van der Waals surface area contributed by atoms with Gasteiger partial charge in [-0.3, -0.25) is 0 Å². The third-order valence-electron chi connectivity index (χ3n) is 1.57. The number of aliphatic hydroxyl groups excluding tert-OH is 1. The molecule has 0 aromatic heterocycles. The molecule has 0 atom stereocenters. The van der Waals surface area contributed by atoms with Gasteiger partial charge in [0.25, 0.3) is 0 Å². The van der Waals surface area contributed by atoms with E-state index in [1.165, 1.54) is 0 Å². The molecule has 0 saturated heterocycles. The second kappa shape index (κ2) is 3.87. The summed E-state index contributed by atoms with van der Waals surface area (Å²) in [4.78, 5) is 0. The van der Waals surface area contributed by atoms with Crippen LogP contribution in [0.1, 0.15) is 11.1 Å². The Morgan fingerprint density at radius 1 is 1.15 bits per heavy atom. The summed E-state index contributed by atoms with van der Waals surface area (Å²) in [5, 5.41) is 13.6. The molecule has 4 nitrogen and oxygen atoms in total. The van der Waals surface area contributed by atoms with Crippen LogP contribution in [0.2, 0.25) is 0 Å². The van der Waals surface area contributed by atoms with Crippen LogP contribution in [0.5, 0.6) is 0 Å². The second-order valence-electron chi connectivity index (χ2n) is 2.78. The predicted octanol–water partition coefficient (Wildman–Crippen LogP) is -0.0326. The molecule has 13 heavy (non-hydrogen) atoms. The van der Waals surface area contributed by atoms with E-state index in [1.54, 1.807) is 24.3 Å². The molecule has 0 bridgehead atoms. The van der Waals surface area contributed by atoms with Gasteiger partial charge in [-0.05, 0) is 11.1 Å². The molecule has 0 saturated carbocycles. The molecular formula is C8H11NO3S. The average Bonchev–Trinajstić information content (AvgIpc) is 2.03. The van der Waals surface area contributed by atoms with Crippen LogP contribution in [0.25, 0.3) is 0 Å². The standard InChI is InChI=1S/C8H11NO3S/c9-13(11,12)6-8-3-1-7(5-10)2-4-8/h1-4,10H,5-6H2,(H2,9,11,12). The van der Waals surface area contributed by atoms with Crippen molar-refractivity contribution in [2.45, 2.75) is 12.4 Å². The summed E-state index contributed by atoms with van der Waals surface area (Å²) in [6.45, 7) is -0.0460. The van der Waals surface area contributed by atoms with Crippen molar-refractivity contribution in [2.75, 3.05) is 0 Å². The van der Waals surface area contributed by atoms with Crippen molar-refractivity contribution < 1.29 is 13.5 Å². The molecule has 0 aliphatic heterocycles. The minimum Gasteiger partial charge on any atom is -0.392 e. The molecule has 0 heterocycles. The lowest BCUT2D eigenvalue weighted by molar-refractivity contribution is 0.282. The summed E-state index contributed by atoms with van der Waals surface area (Å²) in [7, 11) is -3.46. The van der Waals surface area contributed by atoms with Gasteiger partial charge in [0, 0.05) is 0 Å². The van der Waals surface area contributed by atoms with Crippen molar-refractivity contribution in [3.05, 3.63) is 35.4 Å². The maximum Gasteiger partial charge on any atom is 0.213 e. The predicted molar refractivity (Wildman–Crippen MR) is 49.2 cm³/mol. The molecule has 1 rings (SSSR count). The zero-order valence-corrected chi connectivity index (χ0v) is 7.79. The molecule has 0 aliphatic carbocycles. The summed E-state index contributed by atoms with van der Waals surface area (Å²) in [5.41, 5.74) is 1.37. The van der Waals surface area contributed by atoms with E-state index in [2.05, 4.69) is 0 Å². The zero-order valence-electron chi connectivity index (χ0n) is 6.97. The Hall–Kier alpha value is -0.910. The molecule has 72 valence electrons. The molecule has 0 unspecified atom stereocenters. The highest BCUT2D eigenvalue weighted by atomic mass is 32.2. The Balaban J connectivity index is 2.81. The van der Waals surface area contributed by atoms with Crippen molar-refractivity contribution in [1.29, 1.82) is 0 Å². The highest BCUT2D eigenvalue weighted by Gasteiger charge is 2.03. The normalized spacial score (nSPS) is 11.5. The van der Waals surface area contributed by atoms with E-state index in [4.69, 9.17) is 10.2 Å². The van der Waals surface area contributed by atoms with Crippen LogP contribution >= 0.6 is 0 Å². The van der Waals surface area contributed by atoms with Crippen molar-refractivity contribution in [1.82, 2.24) is 0 Å². The van der Waals surface area contributed by atoms with Gasteiger partial charge in [0.15, 0.2) is 0 Å². The fourth-order valence-electron chi connectivity index (χ4n) is 0.973. The lowest BCUT2D eigenvalue weighted by Gasteiger charge is -2.00. The van der Waals surface area contributed by atoms with Gasteiger partial charge < -0.3 is 5.11 Å². The number of nitrogens with two attached hydrogens (primary N) is 1. The van der Waals surface area contributed by atoms with Gasteiger partial charge in [-0.15, -0.1) is 0 Å². The van der Waals surface area contributed by atoms with E-state index >= 15 is 0 Å². The van der Waals surface area contributed by atoms with Crippen molar-refractivity contribution in [2.24, 2.45) is 5.14 Å². The van der Waals surface area contributed by atoms with Gasteiger partial charge in [-0.25, -0.2) is 13.6 Å². The van der Waals surface area contributed by atoms with E-state index in [-0.39, 0.29) is 12.4 Å². The first kappa shape index (κ1) is 10.2. The van der Waals surface area contributed by atoms with Gasteiger partial charge in [0.05, 0.1) is 12.4 Å². The fraction of sp³-hybridized carbons (Fsp3) is 0.250. The molecular weight excluding hydrogens is 190 g/mol. The minimum absolute atomic E-state index is 0.0460. The monoisotopic (exact) mass is 201 g/mol. The summed E-state index contributed by atoms with van der Waals surface area (Å²) >= 11 is 0. The van der Waals surface area contributed by atoms with Gasteiger partial charge in [0.2, 0.25) is 10.0 Å². The topological polar surface area (TPSA) is 80.4 Å². The largest absolute Gasteiger partial charge is 0.392 e. The Morgan fingerprint density at radius 2 is 1.62 bits per heavy atom. The van der Waals surface area contributed by atoms with Crippen molar-refractivity contribution in [3.8, 4) is 0 Å². The highest BCUT2D eigenvalue weighted by molar-refractivity contribution is 7.88. The molecule has 0 spiro atoms. The smallest absolute Gasteiger partial charge is 0.213 e. The average molecular weight is 201 g/mol. The Labute approximate surface area is 77.1 Å². The first-order valence-electron chi connectivity index (χ1n) is 3.70. The number of benzene rings is 1. The molecule has 0 aliphatic rings. The molecule has 0 radical (unpaired) electrons. The lowest BCUT2D eigenvalue weighted by Crippen LogP contribution is -2.14. The van der Waals surface area contributed by atoms with Gasteiger partial charge in [-0.1, -0.05) is 24.3 Å².